The van der Waals surface area contributed by atoms with Crippen LogP contribution in [-0.4, -0.2) is 35.2 Å². The van der Waals surface area contributed by atoms with E-state index in [1.54, 1.807) is 6.20 Å². The highest BCUT2D eigenvalue weighted by Crippen LogP contribution is 2.32. The number of anilines is 1. The summed E-state index contributed by atoms with van der Waals surface area (Å²) in [5.41, 5.74) is 8.65. The van der Waals surface area contributed by atoms with Crippen LogP contribution < -0.4 is 5.73 Å². The Labute approximate surface area is 146 Å². The lowest BCUT2D eigenvalue weighted by molar-refractivity contribution is 0.650. The van der Waals surface area contributed by atoms with Crippen LogP contribution in [0.15, 0.2) is 35.2 Å². The quantitative estimate of drug-likeness (QED) is 0.761. The van der Waals surface area contributed by atoms with Gasteiger partial charge in [-0.05, 0) is 25.0 Å². The lowest BCUT2D eigenvalue weighted by Crippen LogP contribution is -2.15. The molecule has 1 fully saturated rings. The molecule has 25 heavy (non-hydrogen) atoms. The molecule has 8 heteroatoms. The molecule has 0 spiro atoms. The maximum absolute atomic E-state index is 12.7. The van der Waals surface area contributed by atoms with Crippen molar-refractivity contribution < 1.29 is 4.21 Å². The number of rotatable bonds is 2. The van der Waals surface area contributed by atoms with Crippen LogP contribution in [0.3, 0.4) is 0 Å². The van der Waals surface area contributed by atoms with Gasteiger partial charge < -0.3 is 10.3 Å². The second-order valence-electron chi connectivity index (χ2n) is 6.35. The van der Waals surface area contributed by atoms with Gasteiger partial charge in [-0.2, -0.15) is 4.36 Å². The molecule has 4 heterocycles. The summed E-state index contributed by atoms with van der Waals surface area (Å²) in [6.07, 6.45) is 8.27. The van der Waals surface area contributed by atoms with Gasteiger partial charge in [-0.3, -0.25) is 0 Å². The van der Waals surface area contributed by atoms with Crippen LogP contribution in [0.2, 0.25) is 0 Å². The van der Waals surface area contributed by atoms with Crippen molar-refractivity contribution in [1.29, 1.82) is 0 Å². The molecular weight excluding hydrogens is 336 g/mol. The van der Waals surface area contributed by atoms with E-state index in [-0.39, 0.29) is 0 Å². The molecule has 0 radical (unpaired) electrons. The first-order valence-electron chi connectivity index (χ1n) is 8.30. The van der Waals surface area contributed by atoms with Crippen LogP contribution in [0.4, 0.5) is 11.6 Å². The Balaban J connectivity index is 1.74. The van der Waals surface area contributed by atoms with Gasteiger partial charge in [0.05, 0.1) is 15.1 Å². The third kappa shape index (κ3) is 2.97. The van der Waals surface area contributed by atoms with Crippen molar-refractivity contribution in [3.8, 4) is 11.1 Å². The van der Waals surface area contributed by atoms with Crippen LogP contribution >= 0.6 is 0 Å². The summed E-state index contributed by atoms with van der Waals surface area (Å²) < 4.78 is 19.1. The molecule has 3 aromatic rings. The van der Waals surface area contributed by atoms with Gasteiger partial charge in [0, 0.05) is 42.1 Å². The largest absolute Gasteiger partial charge is 0.383 e. The Bertz CT molecular complexity index is 1030. The zero-order chi connectivity index (χ0) is 17.4. The topological polar surface area (TPSA) is 99.0 Å². The van der Waals surface area contributed by atoms with E-state index >= 15 is 0 Å². The Hall–Kier alpha value is -2.48. The van der Waals surface area contributed by atoms with Crippen molar-refractivity contribution in [2.75, 3.05) is 17.2 Å². The Morgan fingerprint density at radius 2 is 1.96 bits per heavy atom. The zero-order valence-electron chi connectivity index (χ0n) is 14.1. The summed E-state index contributed by atoms with van der Waals surface area (Å²) in [4.78, 5) is 12.8. The second-order valence-corrected chi connectivity index (χ2v) is 8.89. The number of fused-ring (bicyclic) bond motifs is 1. The van der Waals surface area contributed by atoms with Gasteiger partial charge in [0.15, 0.2) is 5.82 Å². The fourth-order valence-corrected chi connectivity index (χ4v) is 5.39. The van der Waals surface area contributed by atoms with E-state index in [0.29, 0.717) is 23.1 Å². The molecule has 1 saturated heterocycles. The summed E-state index contributed by atoms with van der Waals surface area (Å²) in [6.45, 7) is 0. The molecule has 0 aromatic carbocycles. The fourth-order valence-electron chi connectivity index (χ4n) is 3.25. The van der Waals surface area contributed by atoms with Gasteiger partial charge in [0.2, 0.25) is 0 Å². The van der Waals surface area contributed by atoms with E-state index in [1.165, 1.54) is 6.33 Å². The minimum atomic E-state index is -2.14. The van der Waals surface area contributed by atoms with Crippen molar-refractivity contribution in [3.05, 3.63) is 30.9 Å². The number of aryl methyl sites for hydroxylation is 1. The number of nitrogens with two attached hydrogens (primary N) is 1. The molecule has 1 aliphatic heterocycles. The van der Waals surface area contributed by atoms with E-state index in [1.807, 2.05) is 29.9 Å². The monoisotopic (exact) mass is 356 g/mol. The Kier molecular flexibility index (Phi) is 3.91. The standard InChI is InChI=1S/C17H20N6OS/c1-23-10-13(15-16(18)20-11-21-17(15)23)12-5-6-14(19-9-12)22-25(24)7-3-2-4-8-25/h5-6,9-11H,2-4,7-8H2,1H3,(H2,18,20,21). The number of nitrogens with zero attached hydrogens (tertiary/aromatic N) is 5. The van der Waals surface area contributed by atoms with Gasteiger partial charge >= 0.3 is 0 Å². The molecule has 3 aromatic heterocycles. The molecule has 0 unspecified atom stereocenters. The third-order valence-corrected chi connectivity index (χ3v) is 6.90. The second kappa shape index (κ2) is 6.11. The number of hydrogen-bond acceptors (Lipinski definition) is 6. The number of nitrogen functional groups attached to an aromatic ring is 1. The summed E-state index contributed by atoms with van der Waals surface area (Å²) in [6, 6.07) is 3.74. The van der Waals surface area contributed by atoms with Crippen molar-refractivity contribution in [3.63, 3.8) is 0 Å². The van der Waals surface area contributed by atoms with Crippen molar-refractivity contribution in [1.82, 2.24) is 19.5 Å². The van der Waals surface area contributed by atoms with Gasteiger partial charge in [-0.1, -0.05) is 6.42 Å². The molecule has 1 aliphatic rings. The van der Waals surface area contributed by atoms with Crippen molar-refractivity contribution >= 4 is 32.4 Å². The molecule has 130 valence electrons. The minimum absolute atomic E-state index is 0.444. The SMILES string of the molecule is Cn1cc(-c2ccc(N=S3(=O)CCCCC3)nc2)c2c(N)ncnc21. The Morgan fingerprint density at radius 1 is 1.16 bits per heavy atom. The van der Waals surface area contributed by atoms with Crippen LogP contribution in [-0.2, 0) is 16.8 Å². The lowest BCUT2D eigenvalue weighted by Gasteiger charge is -2.14. The van der Waals surface area contributed by atoms with Crippen molar-refractivity contribution in [2.45, 2.75) is 19.3 Å². The summed E-state index contributed by atoms with van der Waals surface area (Å²) in [5.74, 6) is 2.32. The maximum Gasteiger partial charge on any atom is 0.161 e. The van der Waals surface area contributed by atoms with Gasteiger partial charge in [-0.15, -0.1) is 0 Å². The van der Waals surface area contributed by atoms with E-state index in [4.69, 9.17) is 5.73 Å². The Morgan fingerprint density at radius 3 is 2.68 bits per heavy atom. The first-order valence-corrected chi connectivity index (χ1v) is 10.2. The van der Waals surface area contributed by atoms with E-state index in [9.17, 15) is 4.21 Å². The van der Waals surface area contributed by atoms with Gasteiger partial charge in [0.1, 0.15) is 17.8 Å². The number of aromatic nitrogens is 4. The molecule has 0 aliphatic carbocycles. The van der Waals surface area contributed by atoms with Crippen LogP contribution in [0.5, 0.6) is 0 Å². The van der Waals surface area contributed by atoms with Crippen molar-refractivity contribution in [2.24, 2.45) is 11.4 Å². The van der Waals surface area contributed by atoms with E-state index in [0.717, 1.165) is 41.4 Å². The summed E-state index contributed by atoms with van der Waals surface area (Å²) in [5, 5.41) is 0.815. The molecule has 0 atom stereocenters. The number of hydrogen-bond donors (Lipinski definition) is 1. The molecular formula is C17H20N6OS. The van der Waals surface area contributed by atoms with Crippen LogP contribution in [0.1, 0.15) is 19.3 Å². The first kappa shape index (κ1) is 16.0. The molecule has 7 nitrogen and oxygen atoms in total. The fraction of sp³-hybridized carbons (Fsp3) is 0.353. The van der Waals surface area contributed by atoms with Gasteiger partial charge in [-0.25, -0.2) is 19.2 Å². The molecule has 0 amide bonds. The predicted molar refractivity (Wildman–Crippen MR) is 100.0 cm³/mol. The van der Waals surface area contributed by atoms with E-state index in [2.05, 4.69) is 19.3 Å². The normalized spacial score (nSPS) is 16.8. The highest BCUT2D eigenvalue weighted by atomic mass is 32.2. The van der Waals surface area contributed by atoms with E-state index < -0.39 is 9.73 Å². The van der Waals surface area contributed by atoms with Crippen LogP contribution in [0.25, 0.3) is 22.2 Å². The zero-order valence-corrected chi connectivity index (χ0v) is 14.9. The summed E-state index contributed by atoms with van der Waals surface area (Å²) in [7, 11) is -0.220. The molecule has 0 saturated carbocycles. The smallest absolute Gasteiger partial charge is 0.161 e. The molecule has 0 bridgehead atoms. The lowest BCUT2D eigenvalue weighted by atomic mass is 10.1. The highest BCUT2D eigenvalue weighted by molar-refractivity contribution is 7.93. The average molecular weight is 356 g/mol. The summed E-state index contributed by atoms with van der Waals surface area (Å²) >= 11 is 0. The number of pyridine rings is 1. The predicted octanol–water partition coefficient (Wildman–Crippen LogP) is 2.90. The highest BCUT2D eigenvalue weighted by Gasteiger charge is 2.16. The molecule has 2 N–H and O–H groups in total. The average Bonchev–Trinajstić information content (AvgIpc) is 2.94. The first-order chi connectivity index (χ1) is 12.1. The minimum Gasteiger partial charge on any atom is -0.383 e. The molecule has 4 rings (SSSR count). The van der Waals surface area contributed by atoms with Crippen LogP contribution in [0, 0.1) is 0 Å². The third-order valence-electron chi connectivity index (χ3n) is 4.53. The maximum atomic E-state index is 12.7. The van der Waals surface area contributed by atoms with Gasteiger partial charge in [0.25, 0.3) is 0 Å².